The number of benzene rings is 1. The van der Waals surface area contributed by atoms with E-state index in [9.17, 15) is 4.79 Å². The molecule has 112 valence electrons. The third kappa shape index (κ3) is 2.33. The Labute approximate surface area is 133 Å². The van der Waals surface area contributed by atoms with Gasteiger partial charge in [-0.3, -0.25) is 4.79 Å². The van der Waals surface area contributed by atoms with E-state index >= 15 is 0 Å². The molecule has 4 heterocycles. The Hall–Kier alpha value is -1.77. The zero-order valence-corrected chi connectivity index (χ0v) is 13.1. The monoisotopic (exact) mass is 311 g/mol. The van der Waals surface area contributed by atoms with Gasteiger partial charge < -0.3 is 4.90 Å². The van der Waals surface area contributed by atoms with Crippen LogP contribution in [-0.4, -0.2) is 34.7 Å². The Kier molecular flexibility index (Phi) is 3.44. The maximum Gasteiger partial charge on any atom is 0.183 e. The summed E-state index contributed by atoms with van der Waals surface area (Å²) in [5.41, 5.74) is 1.22. The highest BCUT2D eigenvalue weighted by molar-refractivity contribution is 7.13. The molecule has 3 aliphatic heterocycles. The quantitative estimate of drug-likeness (QED) is 0.817. The molecule has 2 bridgehead atoms. The normalized spacial score (nSPS) is 27.0. The molecule has 0 N–H and O–H groups in total. The molecule has 3 fully saturated rings. The zero-order valence-electron chi connectivity index (χ0n) is 12.3. The van der Waals surface area contributed by atoms with Gasteiger partial charge in [-0.1, -0.05) is 0 Å². The van der Waals surface area contributed by atoms with Crippen molar-refractivity contribution < 1.29 is 4.79 Å². The van der Waals surface area contributed by atoms with Gasteiger partial charge in [0.05, 0.1) is 16.3 Å². The number of rotatable bonds is 3. The third-order valence-electron chi connectivity index (χ3n) is 5.10. The van der Waals surface area contributed by atoms with Crippen LogP contribution in [0.5, 0.6) is 0 Å². The molecule has 5 rings (SSSR count). The summed E-state index contributed by atoms with van der Waals surface area (Å²) in [6.45, 7) is 3.47. The van der Waals surface area contributed by atoms with Gasteiger partial charge in [-0.15, -0.1) is 0 Å². The average molecular weight is 311 g/mol. The SMILES string of the molecule is N#Cc1ccc2c(C(=O)C[C@H]3CN4CCC3CC4)nsc2c1. The van der Waals surface area contributed by atoms with Crippen LogP contribution in [-0.2, 0) is 0 Å². The van der Waals surface area contributed by atoms with E-state index in [4.69, 9.17) is 5.26 Å². The molecule has 0 unspecified atom stereocenters. The number of nitrogens with zero attached hydrogens (tertiary/aromatic N) is 3. The largest absolute Gasteiger partial charge is 0.303 e. The molecule has 5 heteroatoms. The van der Waals surface area contributed by atoms with Crippen LogP contribution in [0, 0.1) is 23.2 Å². The van der Waals surface area contributed by atoms with E-state index in [1.807, 2.05) is 12.1 Å². The van der Waals surface area contributed by atoms with Crippen LogP contribution in [0.15, 0.2) is 18.2 Å². The Morgan fingerprint density at radius 1 is 1.41 bits per heavy atom. The number of hydrogen-bond donors (Lipinski definition) is 0. The third-order valence-corrected chi connectivity index (χ3v) is 5.91. The Morgan fingerprint density at radius 3 is 2.91 bits per heavy atom. The second kappa shape index (κ2) is 5.45. The van der Waals surface area contributed by atoms with E-state index < -0.39 is 0 Å². The number of hydrogen-bond acceptors (Lipinski definition) is 5. The predicted molar refractivity (Wildman–Crippen MR) is 85.9 cm³/mol. The summed E-state index contributed by atoms with van der Waals surface area (Å²) in [4.78, 5) is 15.2. The fraction of sp³-hybridized carbons (Fsp3) is 0.471. The molecule has 1 aromatic carbocycles. The molecule has 2 aromatic rings. The van der Waals surface area contributed by atoms with E-state index in [-0.39, 0.29) is 5.78 Å². The average Bonchev–Trinajstić information content (AvgIpc) is 2.99. The van der Waals surface area contributed by atoms with Gasteiger partial charge in [0.2, 0.25) is 0 Å². The van der Waals surface area contributed by atoms with Crippen LogP contribution < -0.4 is 0 Å². The van der Waals surface area contributed by atoms with Crippen LogP contribution in [0.1, 0.15) is 35.3 Å². The molecular formula is C17H17N3OS. The van der Waals surface area contributed by atoms with E-state index in [1.165, 1.54) is 37.5 Å². The van der Waals surface area contributed by atoms with E-state index in [0.717, 1.165) is 16.6 Å². The van der Waals surface area contributed by atoms with E-state index in [1.54, 1.807) is 6.07 Å². The molecular weight excluding hydrogens is 294 g/mol. The summed E-state index contributed by atoms with van der Waals surface area (Å²) >= 11 is 1.32. The van der Waals surface area contributed by atoms with Crippen LogP contribution in [0.3, 0.4) is 0 Å². The van der Waals surface area contributed by atoms with Gasteiger partial charge in [-0.05, 0) is 67.5 Å². The molecule has 0 radical (unpaired) electrons. The first-order valence-corrected chi connectivity index (χ1v) is 8.57. The first kappa shape index (κ1) is 13.9. The van der Waals surface area contributed by atoms with Crippen molar-refractivity contribution in [3.8, 4) is 6.07 Å². The van der Waals surface area contributed by atoms with Gasteiger partial charge in [-0.2, -0.15) is 9.64 Å². The fourth-order valence-electron chi connectivity index (χ4n) is 3.86. The van der Waals surface area contributed by atoms with Crippen LogP contribution in [0.4, 0.5) is 0 Å². The van der Waals surface area contributed by atoms with Gasteiger partial charge in [0.15, 0.2) is 5.78 Å². The van der Waals surface area contributed by atoms with Crippen molar-refractivity contribution in [2.75, 3.05) is 19.6 Å². The van der Waals surface area contributed by atoms with Gasteiger partial charge in [0, 0.05) is 18.4 Å². The van der Waals surface area contributed by atoms with Crippen LogP contribution in [0.25, 0.3) is 10.1 Å². The molecule has 22 heavy (non-hydrogen) atoms. The van der Waals surface area contributed by atoms with Crippen LogP contribution >= 0.6 is 11.5 Å². The maximum absolute atomic E-state index is 12.7. The number of piperidine rings is 3. The number of carbonyl (C=O) groups is 1. The second-order valence-electron chi connectivity index (χ2n) is 6.38. The molecule has 0 saturated carbocycles. The van der Waals surface area contributed by atoms with Gasteiger partial charge in [-0.25, -0.2) is 0 Å². The van der Waals surface area contributed by atoms with Gasteiger partial charge >= 0.3 is 0 Å². The minimum atomic E-state index is 0.162. The lowest BCUT2D eigenvalue weighted by Gasteiger charge is -2.44. The zero-order chi connectivity index (χ0) is 15.1. The molecule has 1 aromatic heterocycles. The molecule has 1 atom stereocenters. The van der Waals surface area contributed by atoms with E-state index in [2.05, 4.69) is 15.3 Å². The molecule has 3 saturated heterocycles. The van der Waals surface area contributed by atoms with Crippen molar-refractivity contribution in [3.05, 3.63) is 29.5 Å². The van der Waals surface area contributed by atoms with Crippen molar-refractivity contribution in [1.82, 2.24) is 9.27 Å². The Balaban J connectivity index is 1.57. The number of ketones is 1. The second-order valence-corrected chi connectivity index (χ2v) is 7.18. The lowest BCUT2D eigenvalue weighted by molar-refractivity contribution is 0.0440. The molecule has 0 spiro atoms. The summed E-state index contributed by atoms with van der Waals surface area (Å²) in [6.07, 6.45) is 3.09. The number of fused-ring (bicyclic) bond motifs is 4. The number of carbonyl (C=O) groups excluding carboxylic acids is 1. The van der Waals surface area contributed by atoms with Gasteiger partial charge in [0.1, 0.15) is 5.69 Å². The number of Topliss-reactive ketones (excluding diaryl/α,β-unsaturated/α-hetero) is 1. The predicted octanol–water partition coefficient (Wildman–Crippen LogP) is 3.08. The topological polar surface area (TPSA) is 57.0 Å². The number of aromatic nitrogens is 1. The first-order chi connectivity index (χ1) is 10.7. The van der Waals surface area contributed by atoms with Crippen molar-refractivity contribution in [2.45, 2.75) is 19.3 Å². The molecule has 0 aliphatic carbocycles. The summed E-state index contributed by atoms with van der Waals surface area (Å²) in [6, 6.07) is 7.58. The Bertz CT molecular complexity index is 768. The van der Waals surface area contributed by atoms with Crippen molar-refractivity contribution in [1.29, 1.82) is 5.26 Å². The summed E-state index contributed by atoms with van der Waals surface area (Å²) in [5.74, 6) is 1.36. The summed E-state index contributed by atoms with van der Waals surface area (Å²) in [5, 5.41) is 9.85. The highest BCUT2D eigenvalue weighted by Crippen LogP contribution is 2.35. The Morgan fingerprint density at radius 2 is 2.23 bits per heavy atom. The van der Waals surface area contributed by atoms with Crippen LogP contribution in [0.2, 0.25) is 0 Å². The van der Waals surface area contributed by atoms with Crippen molar-refractivity contribution >= 4 is 27.4 Å². The first-order valence-electron chi connectivity index (χ1n) is 7.79. The van der Waals surface area contributed by atoms with Crippen molar-refractivity contribution in [2.24, 2.45) is 11.8 Å². The minimum Gasteiger partial charge on any atom is -0.303 e. The molecule has 3 aliphatic rings. The smallest absolute Gasteiger partial charge is 0.183 e. The number of nitriles is 1. The van der Waals surface area contributed by atoms with Crippen molar-refractivity contribution in [3.63, 3.8) is 0 Å². The lowest BCUT2D eigenvalue weighted by Crippen LogP contribution is -2.47. The minimum absolute atomic E-state index is 0.162. The summed E-state index contributed by atoms with van der Waals surface area (Å²) in [7, 11) is 0. The maximum atomic E-state index is 12.7. The lowest BCUT2D eigenvalue weighted by atomic mass is 9.76. The molecule has 0 amide bonds. The summed E-state index contributed by atoms with van der Waals surface area (Å²) < 4.78 is 5.29. The van der Waals surface area contributed by atoms with Gasteiger partial charge in [0.25, 0.3) is 0 Å². The fourth-order valence-corrected chi connectivity index (χ4v) is 4.69. The highest BCUT2D eigenvalue weighted by Gasteiger charge is 2.35. The van der Waals surface area contributed by atoms with E-state index in [0.29, 0.717) is 29.5 Å². The standard InChI is InChI=1S/C17H17N3OS/c18-9-11-1-2-14-16(7-11)22-19-17(14)15(21)8-13-10-20-5-3-12(13)4-6-20/h1-2,7,12-13H,3-6,8,10H2/t13-/m0/s1. The highest BCUT2D eigenvalue weighted by atomic mass is 32.1. The molecule has 4 nitrogen and oxygen atoms in total.